The van der Waals surface area contributed by atoms with Gasteiger partial charge in [-0.3, -0.25) is 0 Å². The van der Waals surface area contributed by atoms with Gasteiger partial charge in [-0.05, 0) is 51.2 Å². The van der Waals surface area contributed by atoms with E-state index in [4.69, 9.17) is 9.16 Å². The minimum atomic E-state index is -1.72. The lowest BCUT2D eigenvalue weighted by atomic mass is 9.89. The molecule has 0 aromatic carbocycles. The van der Waals surface area contributed by atoms with Crippen LogP contribution in [0, 0.1) is 5.92 Å². The minimum absolute atomic E-state index is 0.0102. The SMILES string of the molecule is CC[C@]12CC[C@H]([C@@H]1O[Si](C)(C)C(C)(C)C)C(C)(C)O2. The van der Waals surface area contributed by atoms with Crippen LogP contribution in [-0.4, -0.2) is 25.6 Å². The summed E-state index contributed by atoms with van der Waals surface area (Å²) in [7, 11) is -1.72. The molecule has 0 unspecified atom stereocenters. The highest BCUT2D eigenvalue weighted by molar-refractivity contribution is 6.74. The summed E-state index contributed by atoms with van der Waals surface area (Å²) in [5.74, 6) is 0.571. The molecule has 112 valence electrons. The molecule has 0 aromatic heterocycles. The van der Waals surface area contributed by atoms with E-state index in [9.17, 15) is 0 Å². The van der Waals surface area contributed by atoms with Crippen LogP contribution in [0.5, 0.6) is 0 Å². The van der Waals surface area contributed by atoms with E-state index in [0.717, 1.165) is 6.42 Å². The summed E-state index contributed by atoms with van der Waals surface area (Å²) in [4.78, 5) is 0. The van der Waals surface area contributed by atoms with Crippen molar-refractivity contribution in [2.75, 3.05) is 0 Å². The zero-order valence-electron chi connectivity index (χ0n) is 14.1. The van der Waals surface area contributed by atoms with Gasteiger partial charge in [-0.1, -0.05) is 27.7 Å². The van der Waals surface area contributed by atoms with Crippen LogP contribution in [0.2, 0.25) is 18.1 Å². The molecule has 3 atom stereocenters. The van der Waals surface area contributed by atoms with E-state index < -0.39 is 8.32 Å². The van der Waals surface area contributed by atoms with Gasteiger partial charge in [0.25, 0.3) is 0 Å². The first kappa shape index (κ1) is 15.5. The summed E-state index contributed by atoms with van der Waals surface area (Å²) in [5.41, 5.74) is -0.0228. The van der Waals surface area contributed by atoms with Gasteiger partial charge in [-0.25, -0.2) is 0 Å². The standard InChI is InChI=1S/C16H32O2Si/c1-9-16-11-10-12(15(5,6)18-16)13(16)17-19(7,8)14(2,3)4/h12-13H,9-11H2,1-8H3/t12-,13+,16+/m1/s1. The summed E-state index contributed by atoms with van der Waals surface area (Å²) < 4.78 is 13.2. The van der Waals surface area contributed by atoms with E-state index in [1.54, 1.807) is 0 Å². The van der Waals surface area contributed by atoms with E-state index in [1.165, 1.54) is 12.8 Å². The molecule has 2 nitrogen and oxygen atoms in total. The van der Waals surface area contributed by atoms with Crippen molar-refractivity contribution in [2.24, 2.45) is 5.92 Å². The van der Waals surface area contributed by atoms with Gasteiger partial charge in [0.1, 0.15) is 0 Å². The molecule has 0 N–H and O–H groups in total. The maximum Gasteiger partial charge on any atom is 0.192 e. The Morgan fingerprint density at radius 3 is 2.26 bits per heavy atom. The number of hydrogen-bond acceptors (Lipinski definition) is 2. The molecule has 19 heavy (non-hydrogen) atoms. The van der Waals surface area contributed by atoms with Crippen molar-refractivity contribution in [3.63, 3.8) is 0 Å². The third-order valence-electron chi connectivity index (χ3n) is 5.95. The quantitative estimate of drug-likeness (QED) is 0.697. The van der Waals surface area contributed by atoms with Crippen molar-refractivity contribution in [3.8, 4) is 0 Å². The van der Waals surface area contributed by atoms with Crippen LogP contribution in [0.25, 0.3) is 0 Å². The van der Waals surface area contributed by atoms with Gasteiger partial charge < -0.3 is 9.16 Å². The second-order valence-corrected chi connectivity index (χ2v) is 13.3. The Kier molecular flexibility index (Phi) is 3.52. The zero-order valence-corrected chi connectivity index (χ0v) is 15.1. The van der Waals surface area contributed by atoms with Crippen LogP contribution in [0.15, 0.2) is 0 Å². The number of ether oxygens (including phenoxy) is 1. The van der Waals surface area contributed by atoms with E-state index in [-0.39, 0.29) is 16.2 Å². The molecule has 0 spiro atoms. The highest BCUT2D eigenvalue weighted by atomic mass is 28.4. The van der Waals surface area contributed by atoms with Crippen molar-refractivity contribution >= 4 is 8.32 Å². The predicted molar refractivity (Wildman–Crippen MR) is 83.0 cm³/mol. The molecule has 0 aromatic rings. The van der Waals surface area contributed by atoms with Crippen molar-refractivity contribution in [3.05, 3.63) is 0 Å². The Morgan fingerprint density at radius 1 is 1.26 bits per heavy atom. The van der Waals surface area contributed by atoms with Crippen LogP contribution in [-0.2, 0) is 9.16 Å². The molecule has 0 amide bonds. The Bertz CT molecular complexity index is 356. The first-order valence-electron chi connectivity index (χ1n) is 7.83. The van der Waals surface area contributed by atoms with Crippen LogP contribution in [0.3, 0.4) is 0 Å². The van der Waals surface area contributed by atoms with Crippen molar-refractivity contribution in [2.45, 2.75) is 96.2 Å². The van der Waals surface area contributed by atoms with Gasteiger partial charge >= 0.3 is 0 Å². The molecule has 2 fully saturated rings. The summed E-state index contributed by atoms with van der Waals surface area (Å²) in [6.45, 7) is 18.4. The summed E-state index contributed by atoms with van der Waals surface area (Å²) in [6.07, 6.45) is 3.83. The monoisotopic (exact) mass is 284 g/mol. The molecule has 1 aliphatic heterocycles. The molecular formula is C16H32O2Si. The fraction of sp³-hybridized carbons (Fsp3) is 1.00. The third-order valence-corrected chi connectivity index (χ3v) is 10.4. The Hall–Kier alpha value is 0.137. The second kappa shape index (κ2) is 4.31. The van der Waals surface area contributed by atoms with Crippen LogP contribution < -0.4 is 0 Å². The predicted octanol–water partition coefficient (Wildman–Crippen LogP) is 4.74. The van der Waals surface area contributed by atoms with Crippen molar-refractivity contribution in [1.82, 2.24) is 0 Å². The first-order valence-corrected chi connectivity index (χ1v) is 10.7. The number of rotatable bonds is 3. The third kappa shape index (κ3) is 2.32. The maximum absolute atomic E-state index is 6.79. The Morgan fingerprint density at radius 2 is 1.84 bits per heavy atom. The number of hydrogen-bond donors (Lipinski definition) is 0. The summed E-state index contributed by atoms with van der Waals surface area (Å²) in [6, 6.07) is 0. The number of fused-ring (bicyclic) bond motifs is 2. The first-order chi connectivity index (χ1) is 8.45. The normalized spacial score (nSPS) is 37.9. The molecule has 1 aliphatic carbocycles. The lowest BCUT2D eigenvalue weighted by Crippen LogP contribution is -2.49. The van der Waals surface area contributed by atoms with Gasteiger partial charge in [0.05, 0.1) is 17.3 Å². The zero-order chi connectivity index (χ0) is 14.7. The van der Waals surface area contributed by atoms with Crippen molar-refractivity contribution < 1.29 is 9.16 Å². The fourth-order valence-corrected chi connectivity index (χ4v) is 4.98. The molecule has 1 saturated carbocycles. The highest BCUT2D eigenvalue weighted by Crippen LogP contribution is 2.57. The Labute approximate surface area is 120 Å². The molecular weight excluding hydrogens is 252 g/mol. The molecule has 1 saturated heterocycles. The molecule has 2 rings (SSSR count). The molecule has 3 heteroatoms. The van der Waals surface area contributed by atoms with Gasteiger partial charge in [0.15, 0.2) is 8.32 Å². The fourth-order valence-electron chi connectivity index (χ4n) is 3.61. The topological polar surface area (TPSA) is 18.5 Å². The average molecular weight is 285 g/mol. The van der Waals surface area contributed by atoms with E-state index in [2.05, 4.69) is 54.6 Å². The minimum Gasteiger partial charge on any atom is -0.411 e. The molecule has 2 bridgehead atoms. The van der Waals surface area contributed by atoms with Crippen molar-refractivity contribution in [1.29, 1.82) is 0 Å². The van der Waals surface area contributed by atoms with Gasteiger partial charge in [-0.2, -0.15) is 0 Å². The maximum atomic E-state index is 6.79. The van der Waals surface area contributed by atoms with Gasteiger partial charge in [-0.15, -0.1) is 0 Å². The summed E-state index contributed by atoms with van der Waals surface area (Å²) >= 11 is 0. The van der Waals surface area contributed by atoms with Crippen LogP contribution in [0.4, 0.5) is 0 Å². The molecule has 2 aliphatic rings. The van der Waals surface area contributed by atoms with Gasteiger partial charge in [0.2, 0.25) is 0 Å². The van der Waals surface area contributed by atoms with E-state index in [0.29, 0.717) is 12.0 Å². The largest absolute Gasteiger partial charge is 0.411 e. The lowest BCUT2D eigenvalue weighted by molar-refractivity contribution is -0.131. The van der Waals surface area contributed by atoms with E-state index >= 15 is 0 Å². The van der Waals surface area contributed by atoms with Crippen LogP contribution in [0.1, 0.15) is 60.8 Å². The summed E-state index contributed by atoms with van der Waals surface area (Å²) in [5, 5.41) is 0.272. The highest BCUT2D eigenvalue weighted by Gasteiger charge is 2.64. The Balaban J connectivity index is 2.26. The lowest BCUT2D eigenvalue weighted by Gasteiger charge is -2.41. The molecule has 0 radical (unpaired) electrons. The smallest absolute Gasteiger partial charge is 0.192 e. The average Bonchev–Trinajstić information content (AvgIpc) is 2.65. The van der Waals surface area contributed by atoms with Gasteiger partial charge in [0, 0.05) is 5.92 Å². The van der Waals surface area contributed by atoms with Crippen LogP contribution >= 0.6 is 0 Å². The second-order valence-electron chi connectivity index (χ2n) is 8.57. The van der Waals surface area contributed by atoms with E-state index in [1.807, 2.05) is 0 Å². The molecule has 1 heterocycles.